The van der Waals surface area contributed by atoms with Crippen LogP contribution in [0.15, 0.2) is 243 Å². The molecular formula is C89H74F9N11O9. The molecule has 0 radical (unpaired) electrons. The van der Waals surface area contributed by atoms with E-state index >= 15 is 0 Å². The molecule has 0 unspecified atom stereocenters. The first-order valence-electron chi connectivity index (χ1n) is 36.1. The molecule has 3 aliphatic rings. The van der Waals surface area contributed by atoms with Gasteiger partial charge in [-0.05, 0) is 188 Å². The predicted octanol–water partition coefficient (Wildman–Crippen LogP) is 20.9. The summed E-state index contributed by atoms with van der Waals surface area (Å²) in [7, 11) is 0. The van der Waals surface area contributed by atoms with Crippen LogP contribution in [0.25, 0.3) is 33.4 Å². The molecule has 9 aromatic carbocycles. The molecule has 15 rings (SSSR count). The molecule has 0 bridgehead atoms. The molecule has 6 amide bonds. The molecular weight excluding hydrogens is 1540 g/mol. The highest BCUT2D eigenvalue weighted by atomic mass is 19.4. The van der Waals surface area contributed by atoms with Gasteiger partial charge in [0, 0.05) is 64.7 Å². The number of nitrogens with one attached hydrogen (secondary N) is 3. The number of benzene rings is 9. The average molecular weight is 1610 g/mol. The van der Waals surface area contributed by atoms with Crippen molar-refractivity contribution >= 4 is 87.2 Å². The lowest BCUT2D eigenvalue weighted by Gasteiger charge is -2.39. The van der Waals surface area contributed by atoms with Crippen LogP contribution in [0, 0.1) is 20.8 Å². The smallest absolute Gasteiger partial charge is 0.417 e. The Labute approximate surface area is 671 Å². The van der Waals surface area contributed by atoms with Crippen LogP contribution in [0.5, 0.6) is 17.2 Å². The zero-order valence-electron chi connectivity index (χ0n) is 63.7. The SMILES string of the molecule is C.Cc1ccc(NC(=O)c2cc(-c3cccc4c3OC(C)(C)C(=O)N4c3ccccn3)ccc2C(F)(F)F)cc1.Cc1ccc(NC(=O)c2cc(-c3cccc4c3OC(C)(C)C(=O)N4c3cnccn3)ccc2C(F)(F)F)cc1.Cc1ccc(NC(=O)c2cc(-c3cccc4c3OC(C)(C)C(=O)N4c3ncccn3)ccc2C(F)(F)F)cc1. The quantitative estimate of drug-likeness (QED) is 0.0964. The number of hydrogen-bond acceptors (Lipinski definition) is 14. The number of carbonyl (C=O) groups excluding carboxylic acids is 6. The lowest BCUT2D eigenvalue weighted by molar-refractivity contribution is -0.138. The van der Waals surface area contributed by atoms with Gasteiger partial charge >= 0.3 is 18.5 Å². The maximum atomic E-state index is 13.9. The summed E-state index contributed by atoms with van der Waals surface area (Å²) in [6.45, 7) is 15.1. The number of aromatic nitrogens is 5. The first kappa shape index (κ1) is 83.3. The third-order valence-electron chi connectivity index (χ3n) is 18.9. The van der Waals surface area contributed by atoms with Crippen molar-refractivity contribution in [3.63, 3.8) is 0 Å². The number of hydrogen-bond donors (Lipinski definition) is 3. The molecule has 12 aromatic rings. The molecule has 0 saturated heterocycles. The van der Waals surface area contributed by atoms with Crippen LogP contribution in [0.1, 0.15) is 113 Å². The molecule has 0 saturated carbocycles. The number of nitrogens with zero attached hydrogens (tertiary/aromatic N) is 8. The molecule has 0 fully saturated rings. The number of halogens is 9. The van der Waals surface area contributed by atoms with E-state index in [1.165, 1.54) is 82.1 Å². The van der Waals surface area contributed by atoms with Crippen molar-refractivity contribution in [2.24, 2.45) is 0 Å². The van der Waals surface area contributed by atoms with E-state index < -0.39 is 98.2 Å². The molecule has 0 atom stereocenters. The van der Waals surface area contributed by atoms with E-state index in [1.807, 2.05) is 20.8 Å². The standard InChI is InChI=1S/C30H24F3N3O3.2C29H23F3N4O3.CH4/c1-18-10-13-20(14-11-18)35-27(37)22-17-19(12-15-23(22)30(31,32)33)21-7-6-8-24-26(21)39-29(2,3)28(38)36(24)25-9-4-5-16-34-25;1-17-8-11-19(12-9-17)35-25(37)21-16-18(10-13-22(21)29(30,31)32)20-6-4-7-23-24(20)39-28(2,3)26(38)36(23)27-33-14-5-15-34-27;1-17-7-10-19(11-8-17)35-26(37)21-15-18(9-12-22(21)29(30,31)32)20-5-4-6-23-25(20)39-28(2,3)27(38)36(23)24-16-33-13-14-34-24;/h4-17H,1-3H3,(H,35,37);2*4-16H,1-3H3,(H,35,37);1H4. The van der Waals surface area contributed by atoms with Gasteiger partial charge in [-0.15, -0.1) is 0 Å². The molecule has 6 heterocycles. The fraction of sp³-hybridized carbons (Fsp3) is 0.180. The van der Waals surface area contributed by atoms with Crippen LogP contribution < -0.4 is 44.9 Å². The maximum absolute atomic E-state index is 13.9. The average Bonchev–Trinajstić information content (AvgIpc) is 0.748. The predicted molar refractivity (Wildman–Crippen MR) is 429 cm³/mol. The van der Waals surface area contributed by atoms with Crippen molar-refractivity contribution in [2.45, 2.75) is 105 Å². The third-order valence-corrected chi connectivity index (χ3v) is 18.9. The molecule has 3 N–H and O–H groups in total. The first-order valence-corrected chi connectivity index (χ1v) is 36.1. The summed E-state index contributed by atoms with van der Waals surface area (Å²) in [5, 5.41) is 7.65. The number of amides is 6. The van der Waals surface area contributed by atoms with Crippen molar-refractivity contribution in [2.75, 3.05) is 30.7 Å². The van der Waals surface area contributed by atoms with Crippen LogP contribution >= 0.6 is 0 Å². The van der Waals surface area contributed by atoms with Gasteiger partial charge in [0.2, 0.25) is 5.95 Å². The van der Waals surface area contributed by atoms with Crippen LogP contribution in [-0.2, 0) is 32.9 Å². The van der Waals surface area contributed by atoms with Gasteiger partial charge in [0.25, 0.3) is 35.4 Å². The zero-order chi connectivity index (χ0) is 83.8. The monoisotopic (exact) mass is 1610 g/mol. The number of carbonyl (C=O) groups is 6. The van der Waals surface area contributed by atoms with E-state index in [4.69, 9.17) is 14.2 Å². The van der Waals surface area contributed by atoms with E-state index in [0.29, 0.717) is 73.3 Å². The highest BCUT2D eigenvalue weighted by molar-refractivity contribution is 6.13. The molecule has 0 aliphatic carbocycles. The number of pyridine rings is 1. The number of alkyl halides is 9. The number of fused-ring (bicyclic) bond motifs is 3. The number of para-hydroxylation sites is 3. The largest absolute Gasteiger partial charge is 0.475 e. The zero-order valence-corrected chi connectivity index (χ0v) is 63.7. The van der Waals surface area contributed by atoms with E-state index in [1.54, 1.807) is 199 Å². The van der Waals surface area contributed by atoms with Gasteiger partial charge in [-0.3, -0.25) is 43.6 Å². The van der Waals surface area contributed by atoms with Gasteiger partial charge in [-0.25, -0.2) is 24.8 Å². The second-order valence-corrected chi connectivity index (χ2v) is 28.8. The lowest BCUT2D eigenvalue weighted by atomic mass is 9.95. The summed E-state index contributed by atoms with van der Waals surface area (Å²) in [5.74, 6) is -2.30. The number of ether oxygens (including phenoxy) is 3. The molecule has 118 heavy (non-hydrogen) atoms. The van der Waals surface area contributed by atoms with Crippen molar-refractivity contribution in [3.8, 4) is 50.6 Å². The van der Waals surface area contributed by atoms with Crippen LogP contribution in [0.4, 0.5) is 91.2 Å². The minimum absolute atomic E-state index is 0. The van der Waals surface area contributed by atoms with Crippen molar-refractivity contribution in [1.29, 1.82) is 0 Å². The van der Waals surface area contributed by atoms with Crippen molar-refractivity contribution < 1.29 is 82.5 Å². The fourth-order valence-corrected chi connectivity index (χ4v) is 13.0. The van der Waals surface area contributed by atoms with Gasteiger partial charge in [0.15, 0.2) is 39.9 Å². The summed E-state index contributed by atoms with van der Waals surface area (Å²) in [5.41, 5.74) is -1.65. The Morgan fingerprint density at radius 2 is 0.678 bits per heavy atom. The number of aryl methyl sites for hydroxylation is 3. The Kier molecular flexibility index (Phi) is 23.0. The van der Waals surface area contributed by atoms with Gasteiger partial charge in [0.05, 0.1) is 56.6 Å². The molecule has 602 valence electrons. The van der Waals surface area contributed by atoms with E-state index in [-0.39, 0.29) is 42.3 Å². The summed E-state index contributed by atoms with van der Waals surface area (Å²) in [6, 6.07) is 51.9. The molecule has 3 aromatic heterocycles. The summed E-state index contributed by atoms with van der Waals surface area (Å²) < 4.78 is 144. The van der Waals surface area contributed by atoms with Gasteiger partial charge in [-0.2, -0.15) is 39.5 Å². The highest BCUT2D eigenvalue weighted by Crippen LogP contribution is 2.52. The Balaban J connectivity index is 0.000000162. The van der Waals surface area contributed by atoms with Crippen molar-refractivity contribution in [1.82, 2.24) is 24.9 Å². The van der Waals surface area contributed by atoms with Gasteiger partial charge in [0.1, 0.15) is 5.82 Å². The third kappa shape index (κ3) is 17.4. The lowest BCUT2D eigenvalue weighted by Crippen LogP contribution is -2.51. The number of anilines is 9. The van der Waals surface area contributed by atoms with Crippen LogP contribution in [-0.4, -0.2) is 77.2 Å². The molecule has 20 nitrogen and oxygen atoms in total. The van der Waals surface area contributed by atoms with Crippen LogP contribution in [0.2, 0.25) is 0 Å². The maximum Gasteiger partial charge on any atom is 0.417 e. The van der Waals surface area contributed by atoms with E-state index in [9.17, 15) is 68.3 Å². The second kappa shape index (κ2) is 32.6. The minimum Gasteiger partial charge on any atom is -0.475 e. The summed E-state index contributed by atoms with van der Waals surface area (Å²) in [4.78, 5) is 104. The van der Waals surface area contributed by atoms with Gasteiger partial charge in [-0.1, -0.05) is 121 Å². The highest BCUT2D eigenvalue weighted by Gasteiger charge is 2.48. The topological polar surface area (TPSA) is 240 Å². The van der Waals surface area contributed by atoms with Gasteiger partial charge < -0.3 is 30.2 Å². The Morgan fingerprint density at radius 3 is 1.00 bits per heavy atom. The summed E-state index contributed by atoms with van der Waals surface area (Å²) in [6.07, 6.45) is -5.37. The summed E-state index contributed by atoms with van der Waals surface area (Å²) >= 11 is 0. The molecule has 29 heteroatoms. The first-order chi connectivity index (χ1) is 55.4. The normalized spacial score (nSPS) is 14.3. The molecule has 3 aliphatic heterocycles. The van der Waals surface area contributed by atoms with Crippen LogP contribution in [0.3, 0.4) is 0 Å². The Bertz CT molecular complexity index is 5270. The van der Waals surface area contributed by atoms with Crippen molar-refractivity contribution in [3.05, 3.63) is 294 Å². The molecule has 0 spiro atoms. The minimum atomic E-state index is -4.76. The Hall–Kier alpha value is -14.1. The number of rotatable bonds is 12. The van der Waals surface area contributed by atoms with E-state index in [2.05, 4.69) is 40.9 Å². The second-order valence-electron chi connectivity index (χ2n) is 28.8. The van der Waals surface area contributed by atoms with E-state index in [0.717, 1.165) is 34.9 Å². The fourth-order valence-electron chi connectivity index (χ4n) is 13.0. The Morgan fingerprint density at radius 1 is 0.356 bits per heavy atom.